The van der Waals surface area contributed by atoms with Crippen molar-refractivity contribution >= 4 is 15.9 Å². The summed E-state index contributed by atoms with van der Waals surface area (Å²) >= 11 is 0. The standard InChI is InChI=1S/C7H19O4PSi/c1-6-13(9-2,10-3)11-7-12(4,5)8/h6-7H2,1-5H3. The summed E-state index contributed by atoms with van der Waals surface area (Å²) in [6.07, 6.45) is 0.231. The molecule has 13 heavy (non-hydrogen) atoms. The van der Waals surface area contributed by atoms with Crippen LogP contribution in [0.15, 0.2) is 0 Å². The first-order chi connectivity index (χ1) is 5.89. The van der Waals surface area contributed by atoms with Gasteiger partial charge in [-0.1, -0.05) is 6.92 Å². The van der Waals surface area contributed by atoms with Gasteiger partial charge < -0.3 is 17.8 Å². The molecule has 0 aromatic heterocycles. The SMILES string of the molecule is CC[Si](OC)(OC)OCP(C)(C)=O. The lowest BCUT2D eigenvalue weighted by atomic mass is 11.0. The molecule has 80 valence electrons. The van der Waals surface area contributed by atoms with Gasteiger partial charge in [-0.15, -0.1) is 0 Å². The molecule has 4 nitrogen and oxygen atoms in total. The number of hydrogen-bond donors (Lipinski definition) is 0. The van der Waals surface area contributed by atoms with Crippen LogP contribution >= 0.6 is 7.14 Å². The molecule has 0 aliphatic rings. The summed E-state index contributed by atoms with van der Waals surface area (Å²) in [5.41, 5.74) is 0. The monoisotopic (exact) mass is 226 g/mol. The van der Waals surface area contributed by atoms with Gasteiger partial charge in [0.05, 0.1) is 6.35 Å². The molecular weight excluding hydrogens is 207 g/mol. The van der Waals surface area contributed by atoms with Crippen molar-refractivity contribution in [1.82, 2.24) is 0 Å². The smallest absolute Gasteiger partial charge is 0.377 e. The maximum atomic E-state index is 11.4. The predicted octanol–water partition coefficient (Wildman–Crippen LogP) is 1.83. The van der Waals surface area contributed by atoms with E-state index in [1.165, 1.54) is 0 Å². The Bertz CT molecular complexity index is 179. The summed E-state index contributed by atoms with van der Waals surface area (Å²) in [6.45, 7) is 5.32. The van der Waals surface area contributed by atoms with E-state index in [9.17, 15) is 4.57 Å². The lowest BCUT2D eigenvalue weighted by Crippen LogP contribution is -2.43. The molecule has 0 aromatic carbocycles. The van der Waals surface area contributed by atoms with Crippen LogP contribution in [0.1, 0.15) is 6.92 Å². The Hall–Kier alpha value is 0.327. The van der Waals surface area contributed by atoms with Gasteiger partial charge in [-0.05, 0) is 13.3 Å². The summed E-state index contributed by atoms with van der Waals surface area (Å²) in [5, 5.41) is 0. The molecule has 0 atom stereocenters. The lowest BCUT2D eigenvalue weighted by Gasteiger charge is -2.25. The van der Waals surface area contributed by atoms with E-state index < -0.39 is 15.9 Å². The Labute approximate surface area is 81.3 Å². The van der Waals surface area contributed by atoms with E-state index in [0.29, 0.717) is 6.04 Å². The molecule has 0 rings (SSSR count). The van der Waals surface area contributed by atoms with Gasteiger partial charge in [-0.2, -0.15) is 0 Å². The van der Waals surface area contributed by atoms with Crippen molar-refractivity contribution in [2.45, 2.75) is 13.0 Å². The fourth-order valence-corrected chi connectivity index (χ4v) is 4.06. The molecule has 0 fully saturated rings. The van der Waals surface area contributed by atoms with Gasteiger partial charge in [-0.3, -0.25) is 0 Å². The van der Waals surface area contributed by atoms with E-state index in [0.717, 1.165) is 0 Å². The van der Waals surface area contributed by atoms with E-state index in [-0.39, 0.29) is 6.35 Å². The van der Waals surface area contributed by atoms with Crippen LogP contribution in [0, 0.1) is 0 Å². The minimum absolute atomic E-state index is 0.231. The van der Waals surface area contributed by atoms with Crippen molar-refractivity contribution in [1.29, 1.82) is 0 Å². The van der Waals surface area contributed by atoms with Crippen LogP contribution in [0.3, 0.4) is 0 Å². The average Bonchev–Trinajstić information content (AvgIpc) is 2.06. The third-order valence-electron chi connectivity index (χ3n) is 1.65. The minimum Gasteiger partial charge on any atom is -0.377 e. The van der Waals surface area contributed by atoms with E-state index >= 15 is 0 Å². The Kier molecular flexibility index (Phi) is 5.40. The van der Waals surface area contributed by atoms with Gasteiger partial charge in [0.25, 0.3) is 0 Å². The van der Waals surface area contributed by atoms with E-state index in [1.807, 2.05) is 6.92 Å². The van der Waals surface area contributed by atoms with Crippen molar-refractivity contribution < 1.29 is 17.8 Å². The zero-order valence-corrected chi connectivity index (χ0v) is 10.9. The number of rotatable bonds is 6. The first-order valence-electron chi connectivity index (χ1n) is 4.17. The molecule has 0 aliphatic carbocycles. The highest BCUT2D eigenvalue weighted by Gasteiger charge is 2.37. The molecule has 0 heterocycles. The summed E-state index contributed by atoms with van der Waals surface area (Å²) in [4.78, 5) is 0. The Balaban J connectivity index is 4.19. The molecule has 0 aromatic rings. The van der Waals surface area contributed by atoms with E-state index in [1.54, 1.807) is 27.5 Å². The fraction of sp³-hybridized carbons (Fsp3) is 1.00. The van der Waals surface area contributed by atoms with Crippen LogP contribution in [0.5, 0.6) is 0 Å². The zero-order valence-electron chi connectivity index (χ0n) is 8.99. The van der Waals surface area contributed by atoms with Crippen molar-refractivity contribution in [2.75, 3.05) is 33.9 Å². The van der Waals surface area contributed by atoms with Gasteiger partial charge in [0.15, 0.2) is 0 Å². The van der Waals surface area contributed by atoms with Crippen molar-refractivity contribution in [3.63, 3.8) is 0 Å². The van der Waals surface area contributed by atoms with Gasteiger partial charge in [0.1, 0.15) is 7.14 Å². The van der Waals surface area contributed by atoms with Gasteiger partial charge in [0, 0.05) is 20.3 Å². The Morgan fingerprint density at radius 3 is 1.92 bits per heavy atom. The largest absolute Gasteiger partial charge is 0.500 e. The Morgan fingerprint density at radius 2 is 1.69 bits per heavy atom. The second kappa shape index (κ2) is 5.27. The molecule has 0 radical (unpaired) electrons. The Morgan fingerprint density at radius 1 is 1.23 bits per heavy atom. The summed E-state index contributed by atoms with van der Waals surface area (Å²) in [6, 6.07) is 0.694. The second-order valence-corrected chi connectivity index (χ2v) is 9.88. The normalized spacial score (nSPS) is 13.3. The summed E-state index contributed by atoms with van der Waals surface area (Å²) in [5.74, 6) is 0. The molecule has 0 amide bonds. The highest BCUT2D eigenvalue weighted by Crippen LogP contribution is 2.37. The molecule has 6 heteroatoms. The zero-order chi connectivity index (χ0) is 10.5. The van der Waals surface area contributed by atoms with Crippen LogP contribution in [-0.4, -0.2) is 42.7 Å². The van der Waals surface area contributed by atoms with E-state index in [4.69, 9.17) is 13.3 Å². The molecular formula is C7H19O4PSi. The lowest BCUT2D eigenvalue weighted by molar-refractivity contribution is 0.117. The van der Waals surface area contributed by atoms with Crippen LogP contribution in [0.2, 0.25) is 6.04 Å². The first kappa shape index (κ1) is 13.3. The molecule has 0 saturated carbocycles. The van der Waals surface area contributed by atoms with Gasteiger partial charge in [0.2, 0.25) is 0 Å². The third kappa shape index (κ3) is 4.93. The van der Waals surface area contributed by atoms with Crippen LogP contribution in [-0.2, 0) is 17.8 Å². The topological polar surface area (TPSA) is 44.8 Å². The molecule has 0 saturated heterocycles. The summed E-state index contributed by atoms with van der Waals surface area (Å²) in [7, 11) is -1.52. The molecule has 0 bridgehead atoms. The number of hydrogen-bond acceptors (Lipinski definition) is 4. The van der Waals surface area contributed by atoms with Crippen molar-refractivity contribution in [3.05, 3.63) is 0 Å². The molecule has 0 aliphatic heterocycles. The molecule has 0 N–H and O–H groups in total. The second-order valence-electron chi connectivity index (χ2n) is 3.29. The predicted molar refractivity (Wildman–Crippen MR) is 55.7 cm³/mol. The maximum absolute atomic E-state index is 11.4. The first-order valence-corrected chi connectivity index (χ1v) is 8.89. The van der Waals surface area contributed by atoms with Gasteiger partial charge in [-0.25, -0.2) is 0 Å². The molecule has 0 unspecified atom stereocenters. The average molecular weight is 226 g/mol. The van der Waals surface area contributed by atoms with Crippen LogP contribution in [0.25, 0.3) is 0 Å². The molecule has 0 spiro atoms. The highest BCUT2D eigenvalue weighted by molar-refractivity contribution is 7.62. The van der Waals surface area contributed by atoms with E-state index in [2.05, 4.69) is 0 Å². The fourth-order valence-electron chi connectivity index (χ4n) is 0.846. The van der Waals surface area contributed by atoms with Crippen LogP contribution in [0.4, 0.5) is 0 Å². The van der Waals surface area contributed by atoms with Gasteiger partial charge >= 0.3 is 8.80 Å². The van der Waals surface area contributed by atoms with Crippen molar-refractivity contribution in [3.8, 4) is 0 Å². The summed E-state index contributed by atoms with van der Waals surface area (Å²) < 4.78 is 27.3. The third-order valence-corrected chi connectivity index (χ3v) is 5.34. The van der Waals surface area contributed by atoms with Crippen molar-refractivity contribution in [2.24, 2.45) is 0 Å². The highest BCUT2D eigenvalue weighted by atomic mass is 31.2. The quantitative estimate of drug-likeness (QED) is 0.512. The maximum Gasteiger partial charge on any atom is 0.500 e. The minimum atomic E-state index is -2.50. The van der Waals surface area contributed by atoms with Crippen LogP contribution < -0.4 is 0 Å².